The van der Waals surface area contributed by atoms with E-state index in [1.54, 1.807) is 0 Å². The maximum absolute atomic E-state index is 11.7. The first-order valence-electron chi connectivity index (χ1n) is 6.55. The van der Waals surface area contributed by atoms with Crippen LogP contribution in [0.15, 0.2) is 9.95 Å². The second kappa shape index (κ2) is 8.38. The summed E-state index contributed by atoms with van der Waals surface area (Å²) in [4.78, 5) is 29.9. The van der Waals surface area contributed by atoms with Crippen LogP contribution < -0.4 is 10.9 Å². The quantitative estimate of drug-likeness (QED) is 0.447. The summed E-state index contributed by atoms with van der Waals surface area (Å²) in [6.07, 6.45) is 2.48. The van der Waals surface area contributed by atoms with Gasteiger partial charge in [-0.15, -0.1) is 0 Å². The number of aromatic nitrogens is 2. The number of unbranched alkanes of at least 4 members (excludes halogenated alkanes) is 1. The van der Waals surface area contributed by atoms with Crippen molar-refractivity contribution in [1.29, 1.82) is 5.26 Å². The van der Waals surface area contributed by atoms with E-state index in [2.05, 4.69) is 22.2 Å². The highest BCUT2D eigenvalue weighted by Crippen LogP contribution is 2.12. The molecule has 0 bridgehead atoms. The van der Waals surface area contributed by atoms with Crippen molar-refractivity contribution in [1.82, 2.24) is 15.3 Å². The Morgan fingerprint density at radius 3 is 2.85 bits per heavy atom. The van der Waals surface area contributed by atoms with Crippen molar-refractivity contribution in [2.45, 2.75) is 38.3 Å². The zero-order valence-electron chi connectivity index (χ0n) is 11.7. The van der Waals surface area contributed by atoms with Gasteiger partial charge in [0.05, 0.1) is 11.4 Å². The van der Waals surface area contributed by atoms with Crippen LogP contribution in [0.4, 0.5) is 0 Å². The fourth-order valence-corrected chi connectivity index (χ4v) is 2.24. The molecule has 6 nitrogen and oxygen atoms in total. The molecule has 0 radical (unpaired) electrons. The number of hydrogen-bond donors (Lipinski definition) is 2. The average Bonchev–Trinajstić information content (AvgIpc) is 2.44. The molecule has 7 heteroatoms. The molecule has 1 heterocycles. The Bertz CT molecular complexity index is 562. The Morgan fingerprint density at radius 1 is 1.50 bits per heavy atom. The minimum atomic E-state index is -0.451. The molecule has 1 aromatic rings. The van der Waals surface area contributed by atoms with Gasteiger partial charge >= 0.3 is 0 Å². The Hall–Kier alpha value is -1.81. The second-order valence-electron chi connectivity index (χ2n) is 4.15. The monoisotopic (exact) mass is 294 g/mol. The van der Waals surface area contributed by atoms with Crippen LogP contribution in [0, 0.1) is 11.3 Å². The summed E-state index contributed by atoms with van der Waals surface area (Å²) >= 11 is 1.16. The minimum Gasteiger partial charge on any atom is -0.355 e. The zero-order valence-corrected chi connectivity index (χ0v) is 12.5. The van der Waals surface area contributed by atoms with Gasteiger partial charge in [0, 0.05) is 6.54 Å². The van der Waals surface area contributed by atoms with Gasteiger partial charge in [-0.1, -0.05) is 32.0 Å². The van der Waals surface area contributed by atoms with Crippen molar-refractivity contribution in [2.24, 2.45) is 0 Å². The third-order valence-corrected chi connectivity index (χ3v) is 3.49. The molecule has 0 atom stereocenters. The zero-order chi connectivity index (χ0) is 15.0. The van der Waals surface area contributed by atoms with E-state index >= 15 is 0 Å². The predicted molar refractivity (Wildman–Crippen MR) is 77.6 cm³/mol. The molecule has 0 fully saturated rings. The van der Waals surface area contributed by atoms with Crippen LogP contribution >= 0.6 is 11.8 Å². The first-order valence-corrected chi connectivity index (χ1v) is 7.53. The van der Waals surface area contributed by atoms with Gasteiger partial charge in [0.1, 0.15) is 11.6 Å². The van der Waals surface area contributed by atoms with Crippen LogP contribution in [0.1, 0.15) is 37.9 Å². The molecule has 0 spiro atoms. The molecule has 0 aliphatic rings. The van der Waals surface area contributed by atoms with Crippen LogP contribution in [0.3, 0.4) is 0 Å². The van der Waals surface area contributed by atoms with Crippen LogP contribution in [0.2, 0.25) is 0 Å². The number of hydrogen-bond acceptors (Lipinski definition) is 5. The average molecular weight is 294 g/mol. The molecular weight excluding hydrogens is 276 g/mol. The predicted octanol–water partition coefficient (Wildman–Crippen LogP) is 1.21. The lowest BCUT2D eigenvalue weighted by Gasteiger charge is -2.05. The highest BCUT2D eigenvalue weighted by atomic mass is 32.2. The largest absolute Gasteiger partial charge is 0.355 e. The van der Waals surface area contributed by atoms with Crippen molar-refractivity contribution in [2.75, 3.05) is 12.3 Å². The fourth-order valence-electron chi connectivity index (χ4n) is 1.53. The molecule has 2 N–H and O–H groups in total. The van der Waals surface area contributed by atoms with Gasteiger partial charge < -0.3 is 10.3 Å². The molecule has 0 unspecified atom stereocenters. The number of nitrogens with zero attached hydrogens (tertiary/aromatic N) is 2. The highest BCUT2D eigenvalue weighted by Gasteiger charge is 2.11. The van der Waals surface area contributed by atoms with E-state index in [0.29, 0.717) is 23.8 Å². The van der Waals surface area contributed by atoms with E-state index in [9.17, 15) is 9.59 Å². The Balaban J connectivity index is 2.66. The molecule has 1 amide bonds. The standard InChI is InChI=1S/C13H18N4O2S/c1-3-5-6-15-11(18)8-20-13-16-10(4-2)9(7-14)12(19)17-13/h3-6,8H2,1-2H3,(H,15,18)(H,16,17,19). The molecule has 0 aliphatic heterocycles. The third-order valence-electron chi connectivity index (χ3n) is 2.61. The van der Waals surface area contributed by atoms with Gasteiger partial charge in [-0.3, -0.25) is 9.59 Å². The number of amides is 1. The summed E-state index contributed by atoms with van der Waals surface area (Å²) < 4.78 is 0. The van der Waals surface area contributed by atoms with Crippen LogP contribution in [0.5, 0.6) is 0 Å². The highest BCUT2D eigenvalue weighted by molar-refractivity contribution is 7.99. The summed E-state index contributed by atoms with van der Waals surface area (Å²) in [5, 5.41) is 12.0. The molecule has 20 heavy (non-hydrogen) atoms. The lowest BCUT2D eigenvalue weighted by molar-refractivity contribution is -0.118. The van der Waals surface area contributed by atoms with Gasteiger partial charge in [0.25, 0.3) is 5.56 Å². The third kappa shape index (κ3) is 4.70. The molecular formula is C13H18N4O2S. The SMILES string of the molecule is CCCCNC(=O)CSc1nc(CC)c(C#N)c(=O)[nH]1. The number of nitriles is 1. The molecule has 1 aromatic heterocycles. The number of nitrogens with one attached hydrogen (secondary N) is 2. The number of H-pyrrole nitrogens is 1. The molecule has 0 saturated heterocycles. The summed E-state index contributed by atoms with van der Waals surface area (Å²) in [5.74, 6) is 0.107. The lowest BCUT2D eigenvalue weighted by atomic mass is 10.2. The summed E-state index contributed by atoms with van der Waals surface area (Å²) in [7, 11) is 0. The van der Waals surface area contributed by atoms with Gasteiger partial charge in [-0.05, 0) is 12.8 Å². The topological polar surface area (TPSA) is 98.6 Å². The Kier molecular flexibility index (Phi) is 6.81. The minimum absolute atomic E-state index is 0.0456. The van der Waals surface area contributed by atoms with Gasteiger partial charge in [0.15, 0.2) is 5.16 Å². The fraction of sp³-hybridized carbons (Fsp3) is 0.538. The number of carbonyl (C=O) groups is 1. The van der Waals surface area contributed by atoms with E-state index in [-0.39, 0.29) is 17.2 Å². The van der Waals surface area contributed by atoms with Gasteiger partial charge in [0.2, 0.25) is 5.91 Å². The van der Waals surface area contributed by atoms with E-state index in [0.717, 1.165) is 24.6 Å². The van der Waals surface area contributed by atoms with Crippen molar-refractivity contribution in [3.8, 4) is 6.07 Å². The first-order chi connectivity index (χ1) is 9.62. The van der Waals surface area contributed by atoms with E-state index in [1.807, 2.05) is 13.0 Å². The smallest absolute Gasteiger partial charge is 0.269 e. The van der Waals surface area contributed by atoms with Crippen molar-refractivity contribution < 1.29 is 4.79 Å². The summed E-state index contributed by atoms with van der Waals surface area (Å²) in [6, 6.07) is 1.85. The number of thioether (sulfide) groups is 1. The molecule has 1 rings (SSSR count). The molecule has 0 aromatic carbocycles. The number of rotatable bonds is 7. The van der Waals surface area contributed by atoms with E-state index < -0.39 is 5.56 Å². The van der Waals surface area contributed by atoms with Crippen molar-refractivity contribution in [3.05, 3.63) is 21.6 Å². The van der Waals surface area contributed by atoms with Crippen LogP contribution in [0.25, 0.3) is 0 Å². The molecule has 0 saturated carbocycles. The summed E-state index contributed by atoms with van der Waals surface area (Å²) in [5.41, 5.74) is 0.0580. The Labute approximate surface area is 122 Å². The van der Waals surface area contributed by atoms with Crippen molar-refractivity contribution >= 4 is 17.7 Å². The van der Waals surface area contributed by atoms with Gasteiger partial charge in [-0.2, -0.15) is 5.26 Å². The number of aromatic amines is 1. The van der Waals surface area contributed by atoms with E-state index in [1.165, 1.54) is 0 Å². The lowest BCUT2D eigenvalue weighted by Crippen LogP contribution is -2.26. The van der Waals surface area contributed by atoms with Crippen LogP contribution in [-0.2, 0) is 11.2 Å². The normalized spacial score (nSPS) is 10.1. The van der Waals surface area contributed by atoms with Crippen molar-refractivity contribution in [3.63, 3.8) is 0 Å². The first kappa shape index (κ1) is 16.2. The van der Waals surface area contributed by atoms with Crippen LogP contribution in [-0.4, -0.2) is 28.2 Å². The maximum atomic E-state index is 11.7. The number of aryl methyl sites for hydroxylation is 1. The molecule has 0 aliphatic carbocycles. The van der Waals surface area contributed by atoms with Gasteiger partial charge in [-0.25, -0.2) is 4.98 Å². The maximum Gasteiger partial charge on any atom is 0.269 e. The molecule has 108 valence electrons. The number of carbonyl (C=O) groups excluding carboxylic acids is 1. The Morgan fingerprint density at radius 2 is 2.25 bits per heavy atom. The van der Waals surface area contributed by atoms with E-state index in [4.69, 9.17) is 5.26 Å². The second-order valence-corrected chi connectivity index (χ2v) is 5.11. The summed E-state index contributed by atoms with van der Waals surface area (Å²) in [6.45, 7) is 4.54.